The van der Waals surface area contributed by atoms with Gasteiger partial charge in [0.1, 0.15) is 0 Å². The molecule has 2 aromatic rings. The summed E-state index contributed by atoms with van der Waals surface area (Å²) in [5.74, 6) is -0.903. The average molecular weight is 233 g/mol. The predicted molar refractivity (Wildman–Crippen MR) is 65.2 cm³/mol. The van der Waals surface area contributed by atoms with E-state index in [0.29, 0.717) is 18.8 Å². The van der Waals surface area contributed by atoms with Crippen molar-refractivity contribution in [2.24, 2.45) is 7.05 Å². The summed E-state index contributed by atoms with van der Waals surface area (Å²) < 4.78 is 7.34. The molecule has 1 aromatic heterocycles. The van der Waals surface area contributed by atoms with Gasteiger partial charge in [-0.15, -0.1) is 0 Å². The number of aromatic nitrogens is 1. The van der Waals surface area contributed by atoms with E-state index in [2.05, 4.69) is 0 Å². The Morgan fingerprint density at radius 2 is 2.18 bits per heavy atom. The van der Waals surface area contributed by atoms with Gasteiger partial charge in [-0.3, -0.25) is 0 Å². The first-order valence-electron chi connectivity index (χ1n) is 5.53. The minimum absolute atomic E-state index is 0.307. The van der Waals surface area contributed by atoms with E-state index in [1.54, 1.807) is 12.1 Å². The molecular weight excluding hydrogens is 218 g/mol. The summed E-state index contributed by atoms with van der Waals surface area (Å²) in [4.78, 5) is 10.9. The highest BCUT2D eigenvalue weighted by Crippen LogP contribution is 2.20. The first-order valence-corrected chi connectivity index (χ1v) is 5.53. The molecule has 4 heteroatoms. The molecule has 0 saturated carbocycles. The lowest BCUT2D eigenvalue weighted by Gasteiger charge is -2.04. The number of carbonyl (C=O) groups is 1. The molecule has 0 aliphatic rings. The standard InChI is InChI=1S/C13H15NO3/c1-3-17-8-11-6-9-4-5-10(13(15)16)7-12(9)14(11)2/h4-7H,3,8H2,1-2H3,(H,15,16). The molecule has 1 heterocycles. The Kier molecular flexibility index (Phi) is 3.15. The molecule has 0 unspecified atom stereocenters. The third kappa shape index (κ3) is 2.17. The van der Waals surface area contributed by atoms with Gasteiger partial charge in [-0.25, -0.2) is 4.79 Å². The fourth-order valence-electron chi connectivity index (χ4n) is 1.87. The molecule has 0 atom stereocenters. The number of aryl methyl sites for hydroxylation is 1. The second-order valence-electron chi connectivity index (χ2n) is 3.91. The van der Waals surface area contributed by atoms with Crippen LogP contribution >= 0.6 is 0 Å². The van der Waals surface area contributed by atoms with Crippen LogP contribution < -0.4 is 0 Å². The predicted octanol–water partition coefficient (Wildman–Crippen LogP) is 2.41. The molecule has 0 saturated heterocycles. The summed E-state index contributed by atoms with van der Waals surface area (Å²) in [7, 11) is 1.92. The second-order valence-corrected chi connectivity index (χ2v) is 3.91. The summed E-state index contributed by atoms with van der Waals surface area (Å²) in [6, 6.07) is 7.16. The maximum Gasteiger partial charge on any atom is 0.335 e. The van der Waals surface area contributed by atoms with Crippen molar-refractivity contribution in [3.8, 4) is 0 Å². The molecule has 0 bridgehead atoms. The number of aromatic carboxylic acids is 1. The number of ether oxygens (including phenoxy) is 1. The van der Waals surface area contributed by atoms with E-state index in [4.69, 9.17) is 9.84 Å². The van der Waals surface area contributed by atoms with Crippen LogP contribution in [0, 0.1) is 0 Å². The van der Waals surface area contributed by atoms with Crippen LogP contribution in [0.2, 0.25) is 0 Å². The number of carboxylic acids is 1. The van der Waals surface area contributed by atoms with Gasteiger partial charge in [-0.2, -0.15) is 0 Å². The third-order valence-corrected chi connectivity index (χ3v) is 2.85. The van der Waals surface area contributed by atoms with Gasteiger partial charge in [-0.05, 0) is 30.5 Å². The number of hydrogen-bond acceptors (Lipinski definition) is 2. The monoisotopic (exact) mass is 233 g/mol. The maximum absolute atomic E-state index is 10.9. The van der Waals surface area contributed by atoms with Crippen molar-refractivity contribution in [1.29, 1.82) is 0 Å². The van der Waals surface area contributed by atoms with E-state index in [1.165, 1.54) is 0 Å². The molecule has 0 aliphatic carbocycles. The van der Waals surface area contributed by atoms with Gasteiger partial charge in [0.2, 0.25) is 0 Å². The van der Waals surface area contributed by atoms with Gasteiger partial charge < -0.3 is 14.4 Å². The number of nitrogens with zero attached hydrogens (tertiary/aromatic N) is 1. The lowest BCUT2D eigenvalue weighted by molar-refractivity contribution is 0.0697. The van der Waals surface area contributed by atoms with Gasteiger partial charge in [0.05, 0.1) is 12.2 Å². The smallest absolute Gasteiger partial charge is 0.335 e. The molecule has 0 aliphatic heterocycles. The molecule has 0 spiro atoms. The zero-order chi connectivity index (χ0) is 12.4. The summed E-state index contributed by atoms with van der Waals surface area (Å²) in [6.07, 6.45) is 0. The Morgan fingerprint density at radius 3 is 2.82 bits per heavy atom. The number of carboxylic acid groups (broad SMARTS) is 1. The molecular formula is C13H15NO3. The Morgan fingerprint density at radius 1 is 1.41 bits per heavy atom. The molecule has 1 aromatic carbocycles. The zero-order valence-electron chi connectivity index (χ0n) is 9.93. The van der Waals surface area contributed by atoms with Gasteiger partial charge in [0.25, 0.3) is 0 Å². The van der Waals surface area contributed by atoms with Crippen molar-refractivity contribution >= 4 is 16.9 Å². The topological polar surface area (TPSA) is 51.5 Å². The first kappa shape index (κ1) is 11.7. The Labute approximate surface area is 99.4 Å². The summed E-state index contributed by atoms with van der Waals surface area (Å²) in [5.41, 5.74) is 2.27. The average Bonchev–Trinajstić information content (AvgIpc) is 2.63. The van der Waals surface area contributed by atoms with Crippen molar-refractivity contribution in [3.05, 3.63) is 35.5 Å². The highest BCUT2D eigenvalue weighted by Gasteiger charge is 2.09. The van der Waals surface area contributed by atoms with Crippen molar-refractivity contribution in [2.75, 3.05) is 6.61 Å². The summed E-state index contributed by atoms with van der Waals surface area (Å²) in [5, 5.41) is 9.98. The van der Waals surface area contributed by atoms with Crippen LogP contribution in [-0.2, 0) is 18.4 Å². The Balaban J connectivity index is 2.47. The van der Waals surface area contributed by atoms with Crippen LogP contribution in [0.15, 0.2) is 24.3 Å². The molecule has 0 radical (unpaired) electrons. The van der Waals surface area contributed by atoms with E-state index in [1.807, 2.05) is 30.7 Å². The van der Waals surface area contributed by atoms with E-state index >= 15 is 0 Å². The number of benzene rings is 1. The molecule has 4 nitrogen and oxygen atoms in total. The van der Waals surface area contributed by atoms with Gasteiger partial charge >= 0.3 is 5.97 Å². The van der Waals surface area contributed by atoms with E-state index < -0.39 is 5.97 Å². The first-order chi connectivity index (χ1) is 8.13. The van der Waals surface area contributed by atoms with Crippen LogP contribution in [0.1, 0.15) is 23.0 Å². The number of hydrogen-bond donors (Lipinski definition) is 1. The van der Waals surface area contributed by atoms with Crippen molar-refractivity contribution in [2.45, 2.75) is 13.5 Å². The number of fused-ring (bicyclic) bond motifs is 1. The third-order valence-electron chi connectivity index (χ3n) is 2.85. The fraction of sp³-hybridized carbons (Fsp3) is 0.308. The van der Waals surface area contributed by atoms with Gasteiger partial charge in [0, 0.05) is 24.9 Å². The maximum atomic E-state index is 10.9. The van der Waals surface area contributed by atoms with Gasteiger partial charge in [0.15, 0.2) is 0 Å². The molecule has 2 rings (SSSR count). The zero-order valence-corrected chi connectivity index (χ0v) is 9.93. The van der Waals surface area contributed by atoms with Crippen LogP contribution in [0.5, 0.6) is 0 Å². The summed E-state index contributed by atoms with van der Waals surface area (Å²) >= 11 is 0. The highest BCUT2D eigenvalue weighted by atomic mass is 16.5. The van der Waals surface area contributed by atoms with E-state index in [0.717, 1.165) is 16.6 Å². The van der Waals surface area contributed by atoms with E-state index in [9.17, 15) is 4.79 Å². The molecule has 1 N–H and O–H groups in total. The quantitative estimate of drug-likeness (QED) is 0.882. The van der Waals surface area contributed by atoms with Crippen LogP contribution in [0.25, 0.3) is 10.9 Å². The van der Waals surface area contributed by atoms with E-state index in [-0.39, 0.29) is 0 Å². The van der Waals surface area contributed by atoms with Crippen molar-refractivity contribution in [3.63, 3.8) is 0 Å². The largest absolute Gasteiger partial charge is 0.478 e. The second kappa shape index (κ2) is 4.59. The lowest BCUT2D eigenvalue weighted by atomic mass is 10.1. The fourth-order valence-corrected chi connectivity index (χ4v) is 1.87. The highest BCUT2D eigenvalue weighted by molar-refractivity contribution is 5.93. The molecule has 17 heavy (non-hydrogen) atoms. The Bertz CT molecular complexity index is 557. The minimum Gasteiger partial charge on any atom is -0.478 e. The van der Waals surface area contributed by atoms with Crippen LogP contribution in [-0.4, -0.2) is 22.2 Å². The normalized spacial score (nSPS) is 10.9. The van der Waals surface area contributed by atoms with Crippen molar-refractivity contribution < 1.29 is 14.6 Å². The molecule has 0 fully saturated rings. The Hall–Kier alpha value is -1.81. The van der Waals surface area contributed by atoms with Gasteiger partial charge in [-0.1, -0.05) is 6.07 Å². The molecule has 0 amide bonds. The van der Waals surface area contributed by atoms with Crippen LogP contribution in [0.4, 0.5) is 0 Å². The van der Waals surface area contributed by atoms with Crippen molar-refractivity contribution in [1.82, 2.24) is 4.57 Å². The molecule has 90 valence electrons. The minimum atomic E-state index is -0.903. The summed E-state index contributed by atoms with van der Waals surface area (Å²) in [6.45, 7) is 3.16. The SMILES string of the molecule is CCOCc1cc2ccc(C(=O)O)cc2n1C. The number of rotatable bonds is 4. The van der Waals surface area contributed by atoms with Crippen LogP contribution in [0.3, 0.4) is 0 Å². The lowest BCUT2D eigenvalue weighted by Crippen LogP contribution is -2.00.